The van der Waals surface area contributed by atoms with Crippen LogP contribution in [0, 0.1) is 5.92 Å². The molecule has 3 atom stereocenters. The molecule has 28 heavy (non-hydrogen) atoms. The number of aliphatic carboxylic acids is 1. The molecule has 1 fully saturated rings. The van der Waals surface area contributed by atoms with Gasteiger partial charge in [0.2, 0.25) is 5.91 Å². The third-order valence-electron chi connectivity index (χ3n) is 4.88. The van der Waals surface area contributed by atoms with E-state index >= 15 is 0 Å². The molecule has 0 aromatic heterocycles. The number of benzene rings is 1. The number of carboxylic acid groups (broad SMARTS) is 1. The number of carboxylic acids is 1. The quantitative estimate of drug-likeness (QED) is 0.355. The van der Waals surface area contributed by atoms with E-state index in [1.165, 1.54) is 0 Å². The summed E-state index contributed by atoms with van der Waals surface area (Å²) in [7, 11) is 0. The molecule has 2 rings (SSSR count). The first kappa shape index (κ1) is 21.3. The first-order valence-corrected chi connectivity index (χ1v) is 9.43. The third kappa shape index (κ3) is 5.25. The maximum atomic E-state index is 12.6. The summed E-state index contributed by atoms with van der Waals surface area (Å²) in [5.41, 5.74) is 6.47. The van der Waals surface area contributed by atoms with Crippen LogP contribution in [0.15, 0.2) is 42.7 Å². The number of nitrogens with two attached hydrogens (primary N) is 1. The average molecular weight is 388 g/mol. The van der Waals surface area contributed by atoms with Crippen LogP contribution in [0.1, 0.15) is 31.7 Å². The molecule has 5 N–H and O–H groups in total. The van der Waals surface area contributed by atoms with Gasteiger partial charge >= 0.3 is 12.0 Å². The van der Waals surface area contributed by atoms with Gasteiger partial charge in [-0.2, -0.15) is 0 Å². The Balaban J connectivity index is 1.94. The maximum Gasteiger partial charge on any atom is 0.327 e. The Hall–Kier alpha value is -3.03. The van der Waals surface area contributed by atoms with Crippen LogP contribution in [0.25, 0.3) is 0 Å². The van der Waals surface area contributed by atoms with Crippen LogP contribution in [-0.4, -0.2) is 46.5 Å². The summed E-state index contributed by atoms with van der Waals surface area (Å²) in [6.07, 6.45) is 2.19. The molecule has 3 unspecified atom stereocenters. The fourth-order valence-electron chi connectivity index (χ4n) is 3.35. The number of β-lactam (4-membered cyclic amide) rings is 1. The van der Waals surface area contributed by atoms with E-state index in [1.54, 1.807) is 0 Å². The minimum absolute atomic E-state index is 0.184. The molecule has 0 saturated carbocycles. The van der Waals surface area contributed by atoms with Gasteiger partial charge in [-0.25, -0.2) is 14.5 Å². The summed E-state index contributed by atoms with van der Waals surface area (Å²) < 4.78 is 0. The fraction of sp³-hybridized carbons (Fsp3) is 0.450. The zero-order valence-corrected chi connectivity index (χ0v) is 16.1. The van der Waals surface area contributed by atoms with Crippen molar-refractivity contribution in [2.75, 3.05) is 6.54 Å². The summed E-state index contributed by atoms with van der Waals surface area (Å²) in [5.74, 6) is -2.01. The van der Waals surface area contributed by atoms with Crippen molar-refractivity contribution in [3.05, 3.63) is 48.3 Å². The fourth-order valence-corrected chi connectivity index (χ4v) is 3.35. The van der Waals surface area contributed by atoms with Gasteiger partial charge in [0.15, 0.2) is 6.04 Å². The normalized spacial score (nSPS) is 19.5. The largest absolute Gasteiger partial charge is 0.480 e. The summed E-state index contributed by atoms with van der Waals surface area (Å²) >= 11 is 0. The Morgan fingerprint density at radius 3 is 2.57 bits per heavy atom. The zero-order chi connectivity index (χ0) is 20.7. The highest BCUT2D eigenvalue weighted by molar-refractivity contribution is 6.07. The van der Waals surface area contributed by atoms with E-state index in [4.69, 9.17) is 5.73 Å². The number of nitrogens with zero attached hydrogens (tertiary/aromatic N) is 1. The van der Waals surface area contributed by atoms with Gasteiger partial charge in [0.05, 0.1) is 11.7 Å². The van der Waals surface area contributed by atoms with Crippen LogP contribution < -0.4 is 16.4 Å². The monoisotopic (exact) mass is 388 g/mol. The van der Waals surface area contributed by atoms with Crippen molar-refractivity contribution < 1.29 is 19.5 Å². The van der Waals surface area contributed by atoms with Crippen molar-refractivity contribution in [1.29, 1.82) is 0 Å². The number of likely N-dealkylation sites (tertiary alicyclic amines) is 1. The van der Waals surface area contributed by atoms with Crippen LogP contribution in [-0.2, 0) is 16.0 Å². The standard InChI is InChI=1S/C20H28N4O4/c1-3-15(12-14-8-5-4-6-9-14)23-20(28)24-17(19(26)27)16(18(24)25)10-7-11-22-13(2)21/h4-6,8-9,15-17,22H,2-3,7,10-12,21H2,1H3,(H,23,28)(H,26,27). The molecule has 1 aliphatic heterocycles. The van der Waals surface area contributed by atoms with Crippen LogP contribution in [0.2, 0.25) is 0 Å². The number of rotatable bonds is 10. The number of carbonyl (C=O) groups excluding carboxylic acids is 2. The Morgan fingerprint density at radius 1 is 1.32 bits per heavy atom. The Labute approximate surface area is 164 Å². The van der Waals surface area contributed by atoms with Gasteiger partial charge in [-0.05, 0) is 31.2 Å². The molecule has 0 radical (unpaired) electrons. The van der Waals surface area contributed by atoms with Crippen molar-refractivity contribution >= 4 is 17.9 Å². The first-order chi connectivity index (χ1) is 13.3. The van der Waals surface area contributed by atoms with Crippen molar-refractivity contribution in [2.45, 2.75) is 44.7 Å². The zero-order valence-electron chi connectivity index (χ0n) is 16.1. The number of hydrogen-bond acceptors (Lipinski definition) is 5. The van der Waals surface area contributed by atoms with E-state index < -0.39 is 29.9 Å². The van der Waals surface area contributed by atoms with E-state index in [2.05, 4.69) is 17.2 Å². The van der Waals surface area contributed by atoms with E-state index in [1.807, 2.05) is 37.3 Å². The van der Waals surface area contributed by atoms with E-state index in [-0.39, 0.29) is 6.04 Å². The molecule has 8 heteroatoms. The molecule has 1 saturated heterocycles. The van der Waals surface area contributed by atoms with Crippen LogP contribution in [0.5, 0.6) is 0 Å². The van der Waals surface area contributed by atoms with Gasteiger partial charge < -0.3 is 21.5 Å². The SMILES string of the molecule is C=C(N)NCCCC1C(=O)N(C(=O)NC(CC)Cc2ccccc2)C1C(=O)O. The van der Waals surface area contributed by atoms with Gasteiger partial charge in [0.25, 0.3) is 0 Å². The molecule has 1 heterocycles. The van der Waals surface area contributed by atoms with Gasteiger partial charge in [-0.15, -0.1) is 0 Å². The van der Waals surface area contributed by atoms with Crippen molar-refractivity contribution in [1.82, 2.24) is 15.5 Å². The van der Waals surface area contributed by atoms with Gasteiger partial charge in [-0.3, -0.25) is 4.79 Å². The predicted molar refractivity (Wildman–Crippen MR) is 105 cm³/mol. The number of nitrogens with one attached hydrogen (secondary N) is 2. The van der Waals surface area contributed by atoms with E-state index in [9.17, 15) is 19.5 Å². The molecule has 3 amide bonds. The number of urea groups is 1. The molecule has 0 aliphatic carbocycles. The van der Waals surface area contributed by atoms with Crippen molar-refractivity contribution in [3.8, 4) is 0 Å². The molecule has 1 aromatic carbocycles. The van der Waals surface area contributed by atoms with Crippen LogP contribution in [0.4, 0.5) is 4.79 Å². The lowest BCUT2D eigenvalue weighted by Gasteiger charge is -2.43. The van der Waals surface area contributed by atoms with Gasteiger partial charge in [0, 0.05) is 12.6 Å². The Bertz CT molecular complexity index is 722. The molecule has 0 spiro atoms. The second-order valence-corrected chi connectivity index (χ2v) is 6.94. The molecular weight excluding hydrogens is 360 g/mol. The molecule has 1 aromatic rings. The summed E-state index contributed by atoms with van der Waals surface area (Å²) in [6.45, 7) is 5.93. The summed E-state index contributed by atoms with van der Waals surface area (Å²) in [6, 6.07) is 7.71. The summed E-state index contributed by atoms with van der Waals surface area (Å²) in [4.78, 5) is 37.4. The Morgan fingerprint density at radius 2 is 2.00 bits per heavy atom. The number of imide groups is 1. The minimum atomic E-state index is -1.17. The Kier molecular flexibility index (Phi) is 7.43. The minimum Gasteiger partial charge on any atom is -0.480 e. The van der Waals surface area contributed by atoms with E-state index in [0.29, 0.717) is 38.0 Å². The second kappa shape index (κ2) is 9.77. The van der Waals surface area contributed by atoms with Crippen LogP contribution in [0.3, 0.4) is 0 Å². The second-order valence-electron chi connectivity index (χ2n) is 6.94. The maximum absolute atomic E-state index is 12.6. The van der Waals surface area contributed by atoms with E-state index in [0.717, 1.165) is 10.5 Å². The van der Waals surface area contributed by atoms with Crippen molar-refractivity contribution in [2.24, 2.45) is 11.7 Å². The number of carbonyl (C=O) groups is 3. The smallest absolute Gasteiger partial charge is 0.327 e. The highest BCUT2D eigenvalue weighted by atomic mass is 16.4. The van der Waals surface area contributed by atoms with Gasteiger partial charge in [-0.1, -0.05) is 43.8 Å². The van der Waals surface area contributed by atoms with Crippen molar-refractivity contribution in [3.63, 3.8) is 0 Å². The molecule has 8 nitrogen and oxygen atoms in total. The highest BCUT2D eigenvalue weighted by Gasteiger charge is 2.54. The molecular formula is C20H28N4O4. The average Bonchev–Trinajstić information content (AvgIpc) is 2.65. The van der Waals surface area contributed by atoms with Crippen LogP contribution >= 0.6 is 0 Å². The lowest BCUT2D eigenvalue weighted by molar-refractivity contribution is -0.166. The topological polar surface area (TPSA) is 125 Å². The molecule has 152 valence electrons. The first-order valence-electron chi connectivity index (χ1n) is 9.43. The van der Waals surface area contributed by atoms with Gasteiger partial charge in [0.1, 0.15) is 0 Å². The third-order valence-corrected chi connectivity index (χ3v) is 4.88. The molecule has 1 aliphatic rings. The highest BCUT2D eigenvalue weighted by Crippen LogP contribution is 2.31. The number of hydrogen-bond donors (Lipinski definition) is 4. The lowest BCUT2D eigenvalue weighted by Crippen LogP contribution is -2.68. The molecule has 0 bridgehead atoms. The predicted octanol–water partition coefficient (Wildman–Crippen LogP) is 1.43. The summed E-state index contributed by atoms with van der Waals surface area (Å²) in [5, 5.41) is 15.1. The lowest BCUT2D eigenvalue weighted by atomic mass is 9.84. The number of amides is 3.